The van der Waals surface area contributed by atoms with Gasteiger partial charge in [0.15, 0.2) is 0 Å². The van der Waals surface area contributed by atoms with Crippen molar-refractivity contribution in [3.63, 3.8) is 0 Å². The van der Waals surface area contributed by atoms with E-state index in [0.29, 0.717) is 6.04 Å². The Hall–Kier alpha value is -3.05. The lowest BCUT2D eigenvalue weighted by Crippen LogP contribution is -2.33. The number of nitrogens with zero attached hydrogens (tertiary/aromatic N) is 2. The van der Waals surface area contributed by atoms with Crippen molar-refractivity contribution in [3.8, 4) is 17.0 Å². The lowest BCUT2D eigenvalue weighted by Gasteiger charge is -2.36. The summed E-state index contributed by atoms with van der Waals surface area (Å²) in [6.07, 6.45) is 7.59. The van der Waals surface area contributed by atoms with Crippen LogP contribution in [0.15, 0.2) is 54.9 Å². The van der Waals surface area contributed by atoms with E-state index in [4.69, 9.17) is 4.74 Å². The third kappa shape index (κ3) is 3.39. The van der Waals surface area contributed by atoms with Crippen LogP contribution in [0.3, 0.4) is 0 Å². The number of nitrogens with one attached hydrogen (secondary N) is 2. The molecule has 2 aromatic heterocycles. The van der Waals surface area contributed by atoms with Gasteiger partial charge in [-0.15, -0.1) is 0 Å². The number of hydrogen-bond acceptors (Lipinski definition) is 3. The summed E-state index contributed by atoms with van der Waals surface area (Å²) in [4.78, 5) is 6.01. The van der Waals surface area contributed by atoms with Gasteiger partial charge in [0.05, 0.1) is 12.8 Å². The summed E-state index contributed by atoms with van der Waals surface area (Å²) in [5.41, 5.74) is 7.23. The summed E-state index contributed by atoms with van der Waals surface area (Å²) in [6.45, 7) is 4.13. The van der Waals surface area contributed by atoms with Crippen molar-refractivity contribution < 1.29 is 4.74 Å². The number of H-pyrrole nitrogens is 2. The molecule has 5 heteroatoms. The Balaban J connectivity index is 1.46. The van der Waals surface area contributed by atoms with E-state index in [-0.39, 0.29) is 0 Å². The molecule has 1 atom stereocenters. The number of methoxy groups -OCH3 is 1. The molecule has 30 heavy (non-hydrogen) atoms. The highest BCUT2D eigenvalue weighted by atomic mass is 16.5. The molecule has 2 aromatic carbocycles. The first-order valence-electron chi connectivity index (χ1n) is 10.7. The van der Waals surface area contributed by atoms with Crippen LogP contribution in [0.25, 0.3) is 22.2 Å². The maximum atomic E-state index is 5.79. The van der Waals surface area contributed by atoms with Gasteiger partial charge in [-0.3, -0.25) is 10.00 Å². The van der Waals surface area contributed by atoms with Crippen LogP contribution < -0.4 is 4.74 Å². The predicted octanol–water partition coefficient (Wildman–Crippen LogP) is 5.60. The zero-order chi connectivity index (χ0) is 20.5. The highest BCUT2D eigenvalue weighted by molar-refractivity contribution is 5.88. The number of hydrogen-bond donors (Lipinski definition) is 2. The van der Waals surface area contributed by atoms with Crippen LogP contribution in [0.4, 0.5) is 0 Å². The minimum absolute atomic E-state index is 0.423. The highest BCUT2D eigenvalue weighted by Gasteiger charge is 2.26. The summed E-state index contributed by atoms with van der Waals surface area (Å²) in [7, 11) is 1.78. The van der Waals surface area contributed by atoms with E-state index in [1.54, 1.807) is 7.11 Å². The molecular weight excluding hydrogens is 372 g/mol. The molecule has 4 aromatic rings. The second-order valence-electron chi connectivity index (χ2n) is 8.20. The van der Waals surface area contributed by atoms with E-state index in [2.05, 4.69) is 63.4 Å². The second kappa shape index (κ2) is 8.00. The predicted molar refractivity (Wildman–Crippen MR) is 121 cm³/mol. The Morgan fingerprint density at radius 2 is 1.97 bits per heavy atom. The monoisotopic (exact) mass is 400 g/mol. The van der Waals surface area contributed by atoms with Gasteiger partial charge < -0.3 is 9.72 Å². The molecule has 0 amide bonds. The van der Waals surface area contributed by atoms with Crippen molar-refractivity contribution in [2.45, 2.75) is 38.8 Å². The molecule has 1 aliphatic rings. The molecule has 1 saturated heterocycles. The van der Waals surface area contributed by atoms with E-state index in [1.165, 1.54) is 46.9 Å². The maximum Gasteiger partial charge on any atom is 0.124 e. The van der Waals surface area contributed by atoms with Crippen molar-refractivity contribution in [2.24, 2.45) is 0 Å². The number of rotatable bonds is 5. The van der Waals surface area contributed by atoms with Crippen molar-refractivity contribution in [1.82, 2.24) is 20.1 Å². The number of likely N-dealkylation sites (tertiary alicyclic amines) is 1. The maximum absolute atomic E-state index is 5.79. The Kier molecular flexibility index (Phi) is 5.05. The summed E-state index contributed by atoms with van der Waals surface area (Å²) in [5.74, 6) is 0.984. The first kappa shape index (κ1) is 18.9. The molecule has 0 saturated carbocycles. The SMILES string of the molecule is COc1cc(C)c2[nH]ccc2c1CN1CCCCC1c1ccc(-c2cc[nH]n2)cc1. The second-order valence-corrected chi connectivity index (χ2v) is 8.20. The molecule has 0 bridgehead atoms. The van der Waals surface area contributed by atoms with Crippen LogP contribution in [-0.4, -0.2) is 33.7 Å². The molecule has 3 heterocycles. The van der Waals surface area contributed by atoms with Crippen molar-refractivity contribution in [3.05, 3.63) is 71.5 Å². The number of aromatic amines is 2. The van der Waals surface area contributed by atoms with Gasteiger partial charge in [-0.1, -0.05) is 30.7 Å². The summed E-state index contributed by atoms with van der Waals surface area (Å²) < 4.78 is 5.79. The van der Waals surface area contributed by atoms with Gasteiger partial charge in [0.2, 0.25) is 0 Å². The normalized spacial score (nSPS) is 17.5. The Morgan fingerprint density at radius 3 is 2.73 bits per heavy atom. The first-order chi connectivity index (χ1) is 14.7. The van der Waals surface area contributed by atoms with E-state index in [1.807, 2.05) is 18.5 Å². The van der Waals surface area contributed by atoms with Crippen LogP contribution in [-0.2, 0) is 6.54 Å². The van der Waals surface area contributed by atoms with Gasteiger partial charge in [-0.2, -0.15) is 5.10 Å². The van der Waals surface area contributed by atoms with Crippen molar-refractivity contribution >= 4 is 10.9 Å². The van der Waals surface area contributed by atoms with E-state index >= 15 is 0 Å². The lowest BCUT2D eigenvalue weighted by molar-refractivity contribution is 0.139. The summed E-state index contributed by atoms with van der Waals surface area (Å²) >= 11 is 0. The Bertz CT molecular complexity index is 1130. The van der Waals surface area contributed by atoms with E-state index < -0.39 is 0 Å². The fourth-order valence-corrected chi connectivity index (χ4v) is 4.84. The van der Waals surface area contributed by atoms with Gasteiger partial charge in [0, 0.05) is 47.0 Å². The number of fused-ring (bicyclic) bond motifs is 1. The minimum Gasteiger partial charge on any atom is -0.496 e. The average molecular weight is 401 g/mol. The van der Waals surface area contributed by atoms with Crippen LogP contribution in [0.2, 0.25) is 0 Å². The molecule has 5 rings (SSSR count). The van der Waals surface area contributed by atoms with Gasteiger partial charge in [-0.05, 0) is 55.6 Å². The standard InChI is InChI=1S/C25H28N4O/c1-17-15-24(30-2)21(20-10-12-26-25(17)20)16-29-14-4-3-5-23(29)19-8-6-18(7-9-19)22-11-13-27-28-22/h6-13,15,23,26H,3-5,14,16H2,1-2H3,(H,27,28). The van der Waals surface area contributed by atoms with Crippen LogP contribution in [0.5, 0.6) is 5.75 Å². The van der Waals surface area contributed by atoms with Gasteiger partial charge >= 0.3 is 0 Å². The zero-order valence-electron chi connectivity index (χ0n) is 17.6. The number of piperidine rings is 1. The van der Waals surface area contributed by atoms with E-state index in [9.17, 15) is 0 Å². The Labute approximate surface area is 177 Å². The number of aryl methyl sites for hydroxylation is 1. The molecule has 0 radical (unpaired) electrons. The van der Waals surface area contributed by atoms with Crippen LogP contribution >= 0.6 is 0 Å². The molecular formula is C25H28N4O. The van der Waals surface area contributed by atoms with Gasteiger partial charge in [-0.25, -0.2) is 0 Å². The number of aromatic nitrogens is 3. The topological polar surface area (TPSA) is 56.9 Å². The average Bonchev–Trinajstić information content (AvgIpc) is 3.49. The molecule has 154 valence electrons. The fraction of sp³-hybridized carbons (Fsp3) is 0.320. The third-order valence-electron chi connectivity index (χ3n) is 6.40. The molecule has 2 N–H and O–H groups in total. The fourth-order valence-electron chi connectivity index (χ4n) is 4.84. The molecule has 1 fully saturated rings. The molecule has 5 nitrogen and oxygen atoms in total. The molecule has 1 aliphatic heterocycles. The van der Waals surface area contributed by atoms with Gasteiger partial charge in [0.1, 0.15) is 5.75 Å². The molecule has 1 unspecified atom stereocenters. The number of benzene rings is 2. The zero-order valence-corrected chi connectivity index (χ0v) is 17.6. The molecule has 0 aliphatic carbocycles. The summed E-state index contributed by atoms with van der Waals surface area (Å²) in [6, 6.07) is 15.7. The van der Waals surface area contributed by atoms with E-state index in [0.717, 1.165) is 30.1 Å². The van der Waals surface area contributed by atoms with Crippen molar-refractivity contribution in [2.75, 3.05) is 13.7 Å². The van der Waals surface area contributed by atoms with Crippen LogP contribution in [0, 0.1) is 6.92 Å². The number of ether oxygens (including phenoxy) is 1. The largest absolute Gasteiger partial charge is 0.496 e. The highest BCUT2D eigenvalue weighted by Crippen LogP contribution is 2.37. The first-order valence-corrected chi connectivity index (χ1v) is 10.7. The van der Waals surface area contributed by atoms with Crippen LogP contribution in [0.1, 0.15) is 42.0 Å². The minimum atomic E-state index is 0.423. The van der Waals surface area contributed by atoms with Crippen molar-refractivity contribution in [1.29, 1.82) is 0 Å². The Morgan fingerprint density at radius 1 is 1.10 bits per heavy atom. The van der Waals surface area contributed by atoms with Gasteiger partial charge in [0.25, 0.3) is 0 Å². The lowest BCUT2D eigenvalue weighted by atomic mass is 9.93. The third-order valence-corrected chi connectivity index (χ3v) is 6.40. The smallest absolute Gasteiger partial charge is 0.124 e. The quantitative estimate of drug-likeness (QED) is 0.458. The molecule has 0 spiro atoms. The summed E-state index contributed by atoms with van der Waals surface area (Å²) in [5, 5.41) is 8.46.